The predicted molar refractivity (Wildman–Crippen MR) is 122 cm³/mol. The standard InChI is InChI=1S/C24H28N2O4S/c1-16-7-12-22-19(15-30-24(22)18(16)3)14-23(27)25-20-8-10-21(11-9-20)31(28,29)26-13-5-4-6-17(26)2/h7-12,15,17H,4-6,13-14H2,1-3H3,(H,25,27)/t17-/m1/s1. The summed E-state index contributed by atoms with van der Waals surface area (Å²) in [6, 6.07) is 10.4. The first-order valence-electron chi connectivity index (χ1n) is 10.7. The van der Waals surface area contributed by atoms with E-state index in [4.69, 9.17) is 4.42 Å². The van der Waals surface area contributed by atoms with Crippen LogP contribution in [-0.4, -0.2) is 31.2 Å². The maximum absolute atomic E-state index is 12.9. The van der Waals surface area contributed by atoms with E-state index in [1.54, 1.807) is 34.8 Å². The molecule has 0 bridgehead atoms. The van der Waals surface area contributed by atoms with Crippen molar-refractivity contribution in [3.8, 4) is 0 Å². The van der Waals surface area contributed by atoms with Crippen molar-refractivity contribution >= 4 is 32.6 Å². The smallest absolute Gasteiger partial charge is 0.243 e. The molecule has 164 valence electrons. The summed E-state index contributed by atoms with van der Waals surface area (Å²) in [6.07, 6.45) is 4.64. The Morgan fingerprint density at radius 3 is 2.58 bits per heavy atom. The predicted octanol–water partition coefficient (Wildman–Crippen LogP) is 4.79. The summed E-state index contributed by atoms with van der Waals surface area (Å²) in [5.74, 6) is -0.179. The minimum absolute atomic E-state index is 0.00957. The average Bonchev–Trinajstić information content (AvgIpc) is 3.14. The van der Waals surface area contributed by atoms with Crippen molar-refractivity contribution in [2.24, 2.45) is 0 Å². The van der Waals surface area contributed by atoms with E-state index in [1.807, 2.05) is 32.9 Å². The van der Waals surface area contributed by atoms with Gasteiger partial charge in [0.05, 0.1) is 17.6 Å². The molecule has 1 aromatic heterocycles. The van der Waals surface area contributed by atoms with Crippen LogP contribution in [0.4, 0.5) is 5.69 Å². The molecule has 3 aromatic rings. The number of nitrogens with zero attached hydrogens (tertiary/aromatic N) is 1. The van der Waals surface area contributed by atoms with Crippen molar-refractivity contribution in [2.45, 2.75) is 57.4 Å². The molecule has 1 aliphatic rings. The van der Waals surface area contributed by atoms with Crippen LogP contribution in [0.2, 0.25) is 0 Å². The highest BCUT2D eigenvalue weighted by Crippen LogP contribution is 2.28. The number of carbonyl (C=O) groups is 1. The molecular formula is C24H28N2O4S. The number of benzene rings is 2. The molecule has 0 aliphatic carbocycles. The third-order valence-electron chi connectivity index (χ3n) is 6.18. The van der Waals surface area contributed by atoms with Gasteiger partial charge in [-0.1, -0.05) is 18.6 Å². The van der Waals surface area contributed by atoms with E-state index < -0.39 is 10.0 Å². The number of hydrogen-bond acceptors (Lipinski definition) is 4. The molecule has 0 spiro atoms. The Kier molecular flexibility index (Phi) is 5.90. The van der Waals surface area contributed by atoms with Gasteiger partial charge in [-0.3, -0.25) is 4.79 Å². The highest BCUT2D eigenvalue weighted by atomic mass is 32.2. The van der Waals surface area contributed by atoms with Gasteiger partial charge in [-0.15, -0.1) is 0 Å². The van der Waals surface area contributed by atoms with Crippen LogP contribution in [0, 0.1) is 13.8 Å². The topological polar surface area (TPSA) is 79.6 Å². The Bertz CT molecular complexity index is 1210. The van der Waals surface area contributed by atoms with Gasteiger partial charge in [-0.2, -0.15) is 4.31 Å². The van der Waals surface area contributed by atoms with E-state index in [1.165, 1.54) is 0 Å². The first-order chi connectivity index (χ1) is 14.8. The van der Waals surface area contributed by atoms with Gasteiger partial charge >= 0.3 is 0 Å². The van der Waals surface area contributed by atoms with Gasteiger partial charge in [0.15, 0.2) is 0 Å². The number of sulfonamides is 1. The fourth-order valence-corrected chi connectivity index (χ4v) is 5.88. The maximum atomic E-state index is 12.9. The van der Waals surface area contributed by atoms with Gasteiger partial charge in [0, 0.05) is 29.2 Å². The Morgan fingerprint density at radius 1 is 1.13 bits per heavy atom. The summed E-state index contributed by atoms with van der Waals surface area (Å²) in [7, 11) is -3.52. The summed E-state index contributed by atoms with van der Waals surface area (Å²) in [6.45, 7) is 6.54. The molecular weight excluding hydrogens is 412 g/mol. The van der Waals surface area contributed by atoms with E-state index in [0.717, 1.165) is 46.9 Å². The molecule has 6 nitrogen and oxygen atoms in total. The largest absolute Gasteiger partial charge is 0.464 e. The minimum Gasteiger partial charge on any atom is -0.464 e. The lowest BCUT2D eigenvalue weighted by atomic mass is 10.0. The van der Waals surface area contributed by atoms with Gasteiger partial charge in [0.2, 0.25) is 15.9 Å². The zero-order chi connectivity index (χ0) is 22.2. The van der Waals surface area contributed by atoms with Crippen LogP contribution in [0.15, 0.2) is 52.0 Å². The van der Waals surface area contributed by atoms with Crippen LogP contribution >= 0.6 is 0 Å². The first kappa shape index (κ1) is 21.6. The number of piperidine rings is 1. The zero-order valence-corrected chi connectivity index (χ0v) is 19.0. The maximum Gasteiger partial charge on any atom is 0.243 e. The van der Waals surface area contributed by atoms with E-state index in [9.17, 15) is 13.2 Å². The molecule has 1 amide bonds. The Balaban J connectivity index is 1.46. The lowest BCUT2D eigenvalue weighted by Gasteiger charge is -2.32. The number of fused-ring (bicyclic) bond motifs is 1. The SMILES string of the molecule is Cc1ccc2c(CC(=O)Nc3ccc(S(=O)(=O)N4CCCC[C@H]4C)cc3)coc2c1C. The van der Waals surface area contributed by atoms with Gasteiger partial charge in [-0.25, -0.2) is 8.42 Å². The van der Waals surface area contributed by atoms with Crippen LogP contribution in [0.25, 0.3) is 11.0 Å². The first-order valence-corrected chi connectivity index (χ1v) is 12.1. The van der Waals surface area contributed by atoms with Crippen molar-refractivity contribution in [3.05, 3.63) is 59.4 Å². The molecule has 1 aliphatic heterocycles. The Morgan fingerprint density at radius 2 is 1.87 bits per heavy atom. The third-order valence-corrected chi connectivity index (χ3v) is 8.21. The highest BCUT2D eigenvalue weighted by Gasteiger charge is 2.30. The van der Waals surface area contributed by atoms with Gasteiger partial charge in [-0.05, 0) is 69.0 Å². The highest BCUT2D eigenvalue weighted by molar-refractivity contribution is 7.89. The van der Waals surface area contributed by atoms with E-state index >= 15 is 0 Å². The fourth-order valence-electron chi connectivity index (χ4n) is 4.18. The molecule has 0 unspecified atom stereocenters. The van der Waals surface area contributed by atoms with Crippen molar-refractivity contribution in [3.63, 3.8) is 0 Å². The van der Waals surface area contributed by atoms with Crippen LogP contribution < -0.4 is 5.32 Å². The van der Waals surface area contributed by atoms with Crippen molar-refractivity contribution in [1.29, 1.82) is 0 Å². The Labute approximate surface area is 183 Å². The normalized spacial score (nSPS) is 17.7. The number of amides is 1. The zero-order valence-electron chi connectivity index (χ0n) is 18.1. The van der Waals surface area contributed by atoms with Crippen LogP contribution in [0.5, 0.6) is 0 Å². The van der Waals surface area contributed by atoms with Crippen LogP contribution in [0.1, 0.15) is 42.9 Å². The molecule has 0 radical (unpaired) electrons. The minimum atomic E-state index is -3.52. The lowest BCUT2D eigenvalue weighted by Crippen LogP contribution is -2.41. The molecule has 1 N–H and O–H groups in total. The monoisotopic (exact) mass is 440 g/mol. The van der Waals surface area contributed by atoms with Crippen LogP contribution in [-0.2, 0) is 21.2 Å². The van der Waals surface area contributed by atoms with Crippen LogP contribution in [0.3, 0.4) is 0 Å². The van der Waals surface area contributed by atoms with Crippen molar-refractivity contribution in [2.75, 3.05) is 11.9 Å². The molecule has 31 heavy (non-hydrogen) atoms. The number of carbonyl (C=O) groups excluding carboxylic acids is 1. The average molecular weight is 441 g/mol. The van der Waals surface area contributed by atoms with Crippen molar-refractivity contribution in [1.82, 2.24) is 4.31 Å². The van der Waals surface area contributed by atoms with Gasteiger partial charge in [0.25, 0.3) is 0 Å². The molecule has 1 fully saturated rings. The fraction of sp³-hybridized carbons (Fsp3) is 0.375. The summed E-state index contributed by atoms with van der Waals surface area (Å²) < 4.78 is 33.2. The second-order valence-corrected chi connectivity index (χ2v) is 10.2. The van der Waals surface area contributed by atoms with E-state index in [-0.39, 0.29) is 23.3 Å². The third kappa shape index (κ3) is 4.25. The van der Waals surface area contributed by atoms with Gasteiger partial charge < -0.3 is 9.73 Å². The molecule has 2 aromatic carbocycles. The second-order valence-electron chi connectivity index (χ2n) is 8.35. The van der Waals surface area contributed by atoms with E-state index in [0.29, 0.717) is 12.2 Å². The number of hydrogen-bond donors (Lipinski definition) is 1. The number of nitrogens with one attached hydrogen (secondary N) is 1. The lowest BCUT2D eigenvalue weighted by molar-refractivity contribution is -0.115. The number of furan rings is 1. The molecule has 0 saturated carbocycles. The molecule has 7 heteroatoms. The summed E-state index contributed by atoms with van der Waals surface area (Å²) >= 11 is 0. The number of rotatable bonds is 5. The Hall–Kier alpha value is -2.64. The summed E-state index contributed by atoms with van der Waals surface area (Å²) in [4.78, 5) is 12.8. The van der Waals surface area contributed by atoms with Crippen molar-refractivity contribution < 1.29 is 17.6 Å². The second kappa shape index (κ2) is 8.48. The number of aryl methyl sites for hydroxylation is 2. The van der Waals surface area contributed by atoms with E-state index in [2.05, 4.69) is 5.32 Å². The molecule has 2 heterocycles. The van der Waals surface area contributed by atoms with Gasteiger partial charge in [0.1, 0.15) is 5.58 Å². The quantitative estimate of drug-likeness (QED) is 0.618. The summed E-state index contributed by atoms with van der Waals surface area (Å²) in [5.41, 5.74) is 4.42. The molecule has 1 saturated heterocycles. The summed E-state index contributed by atoms with van der Waals surface area (Å²) in [5, 5.41) is 3.79. The number of anilines is 1. The molecule has 4 rings (SSSR count). The molecule has 1 atom stereocenters.